The fourth-order valence-electron chi connectivity index (χ4n) is 1.94. The molecule has 0 aromatic heterocycles. The number of amides is 1. The van der Waals surface area contributed by atoms with E-state index in [9.17, 15) is 15.0 Å². The minimum absolute atomic E-state index is 0.124. The molecule has 2 N–H and O–H groups in total. The predicted molar refractivity (Wildman–Crippen MR) is 81.0 cm³/mol. The first-order valence-corrected chi connectivity index (χ1v) is 7.15. The molecular weight excluding hydrogens is 270 g/mol. The van der Waals surface area contributed by atoms with E-state index in [4.69, 9.17) is 4.74 Å². The minimum atomic E-state index is -0.609. The number of ether oxygens (including phenoxy) is 1. The van der Waals surface area contributed by atoms with Crippen LogP contribution in [0.5, 0.6) is 5.75 Å². The van der Waals surface area contributed by atoms with Crippen LogP contribution in [0.3, 0.4) is 0 Å². The van der Waals surface area contributed by atoms with Crippen LogP contribution in [-0.4, -0.2) is 39.5 Å². The van der Waals surface area contributed by atoms with E-state index in [1.807, 2.05) is 6.92 Å². The SMILES string of the molecule is CC[C@@H](CO)N(Cc1ccccc1O)C(=O)OC(C)(C)C. The van der Waals surface area contributed by atoms with Crippen LogP contribution >= 0.6 is 0 Å². The summed E-state index contributed by atoms with van der Waals surface area (Å²) >= 11 is 0. The molecule has 0 spiro atoms. The number of benzene rings is 1. The molecular formula is C16H25NO4. The number of aliphatic hydroxyl groups excluding tert-OH is 1. The highest BCUT2D eigenvalue weighted by Crippen LogP contribution is 2.21. The summed E-state index contributed by atoms with van der Waals surface area (Å²) in [7, 11) is 0. The van der Waals surface area contributed by atoms with Crippen molar-refractivity contribution in [3.05, 3.63) is 29.8 Å². The third-order valence-electron chi connectivity index (χ3n) is 3.08. The molecule has 1 rings (SSSR count). The Labute approximate surface area is 126 Å². The lowest BCUT2D eigenvalue weighted by Crippen LogP contribution is -2.44. The number of aromatic hydroxyl groups is 1. The number of aliphatic hydroxyl groups is 1. The van der Waals surface area contributed by atoms with Crippen LogP contribution in [0.25, 0.3) is 0 Å². The van der Waals surface area contributed by atoms with Gasteiger partial charge in [0.2, 0.25) is 0 Å². The van der Waals surface area contributed by atoms with Crippen LogP contribution in [0.15, 0.2) is 24.3 Å². The monoisotopic (exact) mass is 295 g/mol. The van der Waals surface area contributed by atoms with Crippen molar-refractivity contribution in [3.63, 3.8) is 0 Å². The first kappa shape index (κ1) is 17.3. The Morgan fingerprint density at radius 3 is 2.43 bits per heavy atom. The normalized spacial score (nSPS) is 12.8. The average molecular weight is 295 g/mol. The fourth-order valence-corrected chi connectivity index (χ4v) is 1.94. The Hall–Kier alpha value is -1.75. The van der Waals surface area contributed by atoms with Crippen molar-refractivity contribution in [1.82, 2.24) is 4.90 Å². The Kier molecular flexibility index (Phi) is 6.03. The minimum Gasteiger partial charge on any atom is -0.508 e. The molecule has 0 radical (unpaired) electrons. The molecule has 0 aliphatic heterocycles. The summed E-state index contributed by atoms with van der Waals surface area (Å²) in [5.74, 6) is 0.124. The van der Waals surface area contributed by atoms with Crippen LogP contribution < -0.4 is 0 Å². The number of carbonyl (C=O) groups is 1. The van der Waals surface area contributed by atoms with Gasteiger partial charge >= 0.3 is 6.09 Å². The van der Waals surface area contributed by atoms with Crippen LogP contribution in [0.2, 0.25) is 0 Å². The summed E-state index contributed by atoms with van der Waals surface area (Å²) in [4.78, 5) is 13.8. The van der Waals surface area contributed by atoms with Gasteiger partial charge in [-0.3, -0.25) is 4.90 Å². The number of carbonyl (C=O) groups excluding carboxylic acids is 1. The van der Waals surface area contributed by atoms with E-state index in [0.717, 1.165) is 0 Å². The highest BCUT2D eigenvalue weighted by Gasteiger charge is 2.27. The Bertz CT molecular complexity index is 464. The molecule has 5 heteroatoms. The first-order chi connectivity index (χ1) is 9.78. The molecule has 0 saturated heterocycles. The zero-order valence-electron chi connectivity index (χ0n) is 13.2. The molecule has 118 valence electrons. The molecule has 1 aromatic rings. The van der Waals surface area contributed by atoms with Crippen molar-refractivity contribution >= 4 is 6.09 Å². The van der Waals surface area contributed by atoms with E-state index in [1.54, 1.807) is 45.0 Å². The molecule has 0 aliphatic rings. The third kappa shape index (κ3) is 5.27. The maximum atomic E-state index is 12.3. The standard InChI is InChI=1S/C16H25NO4/c1-5-13(11-18)17(15(20)21-16(2,3)4)10-12-8-6-7-9-14(12)19/h6-9,13,18-19H,5,10-11H2,1-4H3/t13-/m0/s1. The van der Waals surface area contributed by atoms with Gasteiger partial charge in [-0.1, -0.05) is 25.1 Å². The molecule has 0 fully saturated rings. The van der Waals surface area contributed by atoms with E-state index in [2.05, 4.69) is 0 Å². The maximum Gasteiger partial charge on any atom is 0.410 e. The number of phenolic OH excluding ortho intramolecular Hbond substituents is 1. The lowest BCUT2D eigenvalue weighted by atomic mass is 10.1. The largest absolute Gasteiger partial charge is 0.508 e. The molecule has 0 saturated carbocycles. The zero-order valence-corrected chi connectivity index (χ0v) is 13.2. The molecule has 0 bridgehead atoms. The van der Waals surface area contributed by atoms with Gasteiger partial charge in [0, 0.05) is 5.56 Å². The molecule has 1 atom stereocenters. The quantitative estimate of drug-likeness (QED) is 0.876. The molecule has 21 heavy (non-hydrogen) atoms. The van der Waals surface area contributed by atoms with Gasteiger partial charge in [0.05, 0.1) is 19.2 Å². The van der Waals surface area contributed by atoms with Crippen LogP contribution in [0.1, 0.15) is 39.7 Å². The van der Waals surface area contributed by atoms with E-state index in [0.29, 0.717) is 12.0 Å². The summed E-state index contributed by atoms with van der Waals surface area (Å²) in [5, 5.41) is 19.3. The van der Waals surface area contributed by atoms with Gasteiger partial charge < -0.3 is 14.9 Å². The lowest BCUT2D eigenvalue weighted by molar-refractivity contribution is 0.00627. The third-order valence-corrected chi connectivity index (χ3v) is 3.08. The summed E-state index contributed by atoms with van der Waals surface area (Å²) < 4.78 is 5.39. The molecule has 5 nitrogen and oxygen atoms in total. The maximum absolute atomic E-state index is 12.3. The number of nitrogens with zero attached hydrogens (tertiary/aromatic N) is 1. The number of hydrogen-bond acceptors (Lipinski definition) is 4. The second-order valence-electron chi connectivity index (χ2n) is 5.98. The van der Waals surface area contributed by atoms with Crippen LogP contribution in [-0.2, 0) is 11.3 Å². The Morgan fingerprint density at radius 2 is 1.95 bits per heavy atom. The number of hydrogen-bond donors (Lipinski definition) is 2. The second kappa shape index (κ2) is 7.31. The molecule has 0 heterocycles. The zero-order chi connectivity index (χ0) is 16.0. The van der Waals surface area contributed by atoms with Gasteiger partial charge in [-0.2, -0.15) is 0 Å². The number of rotatable bonds is 5. The van der Waals surface area contributed by atoms with E-state index >= 15 is 0 Å². The summed E-state index contributed by atoms with van der Waals surface area (Å²) in [6.45, 7) is 7.32. The first-order valence-electron chi connectivity index (χ1n) is 7.15. The van der Waals surface area contributed by atoms with Crippen molar-refractivity contribution in [2.24, 2.45) is 0 Å². The summed E-state index contributed by atoms with van der Waals surface area (Å²) in [6, 6.07) is 6.49. The van der Waals surface area contributed by atoms with Gasteiger partial charge in [-0.25, -0.2) is 4.79 Å². The van der Waals surface area contributed by atoms with E-state index < -0.39 is 11.7 Å². The Balaban J connectivity index is 2.97. The second-order valence-corrected chi connectivity index (χ2v) is 5.98. The Morgan fingerprint density at radius 1 is 1.33 bits per heavy atom. The van der Waals surface area contributed by atoms with Crippen molar-refractivity contribution < 1.29 is 19.7 Å². The molecule has 1 aromatic carbocycles. The average Bonchev–Trinajstić information content (AvgIpc) is 2.39. The van der Waals surface area contributed by atoms with Crippen LogP contribution in [0.4, 0.5) is 4.79 Å². The lowest BCUT2D eigenvalue weighted by Gasteiger charge is -2.32. The van der Waals surface area contributed by atoms with Crippen molar-refractivity contribution in [2.45, 2.75) is 52.3 Å². The highest BCUT2D eigenvalue weighted by atomic mass is 16.6. The van der Waals surface area contributed by atoms with Crippen molar-refractivity contribution in [2.75, 3.05) is 6.61 Å². The predicted octanol–water partition coefficient (Wildman–Crippen LogP) is 2.90. The van der Waals surface area contributed by atoms with Crippen molar-refractivity contribution in [1.29, 1.82) is 0 Å². The fraction of sp³-hybridized carbons (Fsp3) is 0.562. The number of phenols is 1. The summed E-state index contributed by atoms with van der Waals surface area (Å²) in [5.41, 5.74) is 0.0113. The van der Waals surface area contributed by atoms with E-state index in [1.165, 1.54) is 4.90 Å². The smallest absolute Gasteiger partial charge is 0.410 e. The van der Waals surface area contributed by atoms with Gasteiger partial charge in [0.15, 0.2) is 0 Å². The van der Waals surface area contributed by atoms with E-state index in [-0.39, 0.29) is 24.9 Å². The molecule has 1 amide bonds. The number of para-hydroxylation sites is 1. The molecule has 0 unspecified atom stereocenters. The van der Waals surface area contributed by atoms with Crippen LogP contribution in [0, 0.1) is 0 Å². The molecule has 0 aliphatic carbocycles. The van der Waals surface area contributed by atoms with Gasteiger partial charge in [0.1, 0.15) is 11.4 Å². The summed E-state index contributed by atoms with van der Waals surface area (Å²) in [6.07, 6.45) is 0.107. The topological polar surface area (TPSA) is 70.0 Å². The van der Waals surface area contributed by atoms with Gasteiger partial charge in [-0.15, -0.1) is 0 Å². The van der Waals surface area contributed by atoms with Gasteiger partial charge in [0.25, 0.3) is 0 Å². The highest BCUT2D eigenvalue weighted by molar-refractivity contribution is 5.68. The van der Waals surface area contributed by atoms with Gasteiger partial charge in [-0.05, 0) is 33.3 Å². The van der Waals surface area contributed by atoms with Crippen molar-refractivity contribution in [3.8, 4) is 5.75 Å².